The minimum atomic E-state index is -0.0737. The largest absolute Gasteiger partial charge is 0.486 e. The fraction of sp³-hybridized carbons (Fsp3) is 0.571. The third-order valence-corrected chi connectivity index (χ3v) is 6.73. The van der Waals surface area contributed by atoms with E-state index in [4.69, 9.17) is 9.47 Å². The van der Waals surface area contributed by atoms with Crippen LogP contribution in [-0.2, 0) is 4.79 Å². The summed E-state index contributed by atoms with van der Waals surface area (Å²) in [5.41, 5.74) is 0.705. The molecule has 5 rings (SSSR count). The van der Waals surface area contributed by atoms with Crippen molar-refractivity contribution in [3.63, 3.8) is 0 Å². The summed E-state index contributed by atoms with van der Waals surface area (Å²) in [5, 5.41) is 12.7. The molecule has 1 N–H and O–H groups in total. The summed E-state index contributed by atoms with van der Waals surface area (Å²) in [6.07, 6.45) is 4.70. The molecule has 30 heavy (non-hydrogen) atoms. The highest BCUT2D eigenvalue weighted by Crippen LogP contribution is 2.41. The second-order valence-electron chi connectivity index (χ2n) is 8.25. The minimum absolute atomic E-state index is 0.0737. The number of carbonyl (C=O) groups excluding carboxylic acids is 1. The van der Waals surface area contributed by atoms with Crippen LogP contribution in [0.5, 0.6) is 11.5 Å². The maximum Gasteiger partial charge on any atom is 0.234 e. The number of amides is 1. The van der Waals surface area contributed by atoms with Gasteiger partial charge in [0.05, 0.1) is 5.75 Å². The van der Waals surface area contributed by atoms with E-state index in [1.165, 1.54) is 24.6 Å². The maximum atomic E-state index is 12.5. The van der Waals surface area contributed by atoms with Crippen LogP contribution < -0.4 is 19.7 Å². The number of piperidine rings is 1. The normalized spacial score (nSPS) is 19.0. The monoisotopic (exact) mass is 429 g/mol. The van der Waals surface area contributed by atoms with Crippen LogP contribution >= 0.6 is 11.8 Å². The van der Waals surface area contributed by atoms with Gasteiger partial charge >= 0.3 is 0 Å². The van der Waals surface area contributed by atoms with Gasteiger partial charge in [0.1, 0.15) is 13.2 Å². The molecule has 2 aromatic rings. The molecule has 0 bridgehead atoms. The highest BCUT2D eigenvalue weighted by Gasteiger charge is 2.32. The van der Waals surface area contributed by atoms with Crippen LogP contribution in [0.1, 0.15) is 38.6 Å². The predicted octanol–water partition coefficient (Wildman–Crippen LogP) is 3.35. The number of anilines is 2. The number of hydrogen-bond acceptors (Lipinski definition) is 7. The Labute approximate surface area is 180 Å². The standard InChI is InChI=1S/C21H27N5O3S/c1-14-6-8-25(9-7-14)20-23-24-21(26(20)16-3-4-16)30-13-19(27)22-15-2-5-17-18(12-15)29-11-10-28-17/h2,5,12,14,16H,3-4,6-11,13H2,1H3,(H,22,27). The zero-order valence-electron chi connectivity index (χ0n) is 17.2. The average molecular weight is 430 g/mol. The van der Waals surface area contributed by atoms with Crippen molar-refractivity contribution in [2.24, 2.45) is 5.92 Å². The van der Waals surface area contributed by atoms with Crippen molar-refractivity contribution in [2.45, 2.75) is 43.8 Å². The number of benzene rings is 1. The molecular formula is C21H27N5O3S. The lowest BCUT2D eigenvalue weighted by atomic mass is 10.00. The van der Waals surface area contributed by atoms with Gasteiger partial charge in [0.2, 0.25) is 11.9 Å². The second-order valence-corrected chi connectivity index (χ2v) is 9.19. The molecule has 9 heteroatoms. The van der Waals surface area contributed by atoms with Gasteiger partial charge in [0.25, 0.3) is 0 Å². The lowest BCUT2D eigenvalue weighted by molar-refractivity contribution is -0.113. The van der Waals surface area contributed by atoms with Crippen molar-refractivity contribution in [2.75, 3.05) is 42.3 Å². The van der Waals surface area contributed by atoms with E-state index in [-0.39, 0.29) is 11.7 Å². The van der Waals surface area contributed by atoms with E-state index < -0.39 is 0 Å². The zero-order valence-corrected chi connectivity index (χ0v) is 18.0. The van der Waals surface area contributed by atoms with E-state index in [9.17, 15) is 4.79 Å². The van der Waals surface area contributed by atoms with Gasteiger partial charge in [-0.25, -0.2) is 0 Å². The molecule has 1 aromatic carbocycles. The highest BCUT2D eigenvalue weighted by atomic mass is 32.2. The molecule has 160 valence electrons. The summed E-state index contributed by atoms with van der Waals surface area (Å²) in [4.78, 5) is 14.9. The van der Waals surface area contributed by atoms with Crippen LogP contribution in [0.4, 0.5) is 11.6 Å². The Morgan fingerprint density at radius 2 is 1.90 bits per heavy atom. The highest BCUT2D eigenvalue weighted by molar-refractivity contribution is 7.99. The molecule has 1 saturated carbocycles. The summed E-state index contributed by atoms with van der Waals surface area (Å²) < 4.78 is 13.4. The van der Waals surface area contributed by atoms with Crippen molar-refractivity contribution < 1.29 is 14.3 Å². The summed E-state index contributed by atoms with van der Waals surface area (Å²) >= 11 is 1.45. The first-order chi connectivity index (χ1) is 14.7. The molecule has 0 spiro atoms. The number of hydrogen-bond donors (Lipinski definition) is 1. The number of fused-ring (bicyclic) bond motifs is 1. The smallest absolute Gasteiger partial charge is 0.234 e. The average Bonchev–Trinajstić information content (AvgIpc) is 3.52. The van der Waals surface area contributed by atoms with E-state index in [0.717, 1.165) is 43.0 Å². The Morgan fingerprint density at radius 1 is 1.13 bits per heavy atom. The van der Waals surface area contributed by atoms with Gasteiger partial charge in [-0.1, -0.05) is 18.7 Å². The predicted molar refractivity (Wildman–Crippen MR) is 116 cm³/mol. The zero-order chi connectivity index (χ0) is 20.5. The Kier molecular flexibility index (Phi) is 5.45. The van der Waals surface area contributed by atoms with E-state index in [1.54, 1.807) is 6.07 Å². The first kappa shape index (κ1) is 19.5. The van der Waals surface area contributed by atoms with Gasteiger partial charge in [0.15, 0.2) is 16.7 Å². The molecule has 0 atom stereocenters. The molecule has 1 aromatic heterocycles. The summed E-state index contributed by atoms with van der Waals surface area (Å²) in [6, 6.07) is 5.93. The van der Waals surface area contributed by atoms with Crippen LogP contribution in [0.2, 0.25) is 0 Å². The first-order valence-electron chi connectivity index (χ1n) is 10.7. The van der Waals surface area contributed by atoms with E-state index >= 15 is 0 Å². The van der Waals surface area contributed by atoms with Crippen LogP contribution in [0.25, 0.3) is 0 Å². The van der Waals surface area contributed by atoms with E-state index in [1.807, 2.05) is 12.1 Å². The topological polar surface area (TPSA) is 81.5 Å². The van der Waals surface area contributed by atoms with Gasteiger partial charge in [-0.15, -0.1) is 10.2 Å². The molecular weight excluding hydrogens is 402 g/mol. The number of nitrogens with one attached hydrogen (secondary N) is 1. The van der Waals surface area contributed by atoms with Gasteiger partial charge in [-0.05, 0) is 43.7 Å². The number of aromatic nitrogens is 3. The number of carbonyl (C=O) groups is 1. The molecule has 1 saturated heterocycles. The number of ether oxygens (including phenoxy) is 2. The minimum Gasteiger partial charge on any atom is -0.486 e. The van der Waals surface area contributed by atoms with Crippen molar-refractivity contribution >= 4 is 29.3 Å². The molecule has 2 fully saturated rings. The summed E-state index contributed by atoms with van der Waals surface area (Å²) in [7, 11) is 0. The molecule has 3 aliphatic rings. The Morgan fingerprint density at radius 3 is 2.67 bits per heavy atom. The summed E-state index contributed by atoms with van der Waals surface area (Å²) in [5.74, 6) is 3.34. The van der Waals surface area contributed by atoms with Crippen molar-refractivity contribution in [3.8, 4) is 11.5 Å². The Bertz CT molecular complexity index is 921. The van der Waals surface area contributed by atoms with Crippen molar-refractivity contribution in [1.82, 2.24) is 14.8 Å². The molecule has 1 amide bonds. The van der Waals surface area contributed by atoms with Gasteiger partial charge in [-0.3, -0.25) is 9.36 Å². The van der Waals surface area contributed by atoms with Gasteiger partial charge in [-0.2, -0.15) is 0 Å². The van der Waals surface area contributed by atoms with Gasteiger partial charge < -0.3 is 19.7 Å². The Hall–Kier alpha value is -2.42. The van der Waals surface area contributed by atoms with Crippen LogP contribution in [0.15, 0.2) is 23.4 Å². The quantitative estimate of drug-likeness (QED) is 0.705. The Balaban J connectivity index is 1.22. The summed E-state index contributed by atoms with van der Waals surface area (Å²) in [6.45, 7) is 5.44. The molecule has 0 unspecified atom stereocenters. The van der Waals surface area contributed by atoms with E-state index in [0.29, 0.717) is 36.4 Å². The third kappa shape index (κ3) is 4.21. The number of nitrogens with zero attached hydrogens (tertiary/aromatic N) is 4. The molecule has 3 heterocycles. The number of rotatable bonds is 6. The fourth-order valence-corrected chi connectivity index (χ4v) is 4.69. The first-order valence-corrected chi connectivity index (χ1v) is 11.7. The lowest BCUT2D eigenvalue weighted by Crippen LogP contribution is -2.34. The SMILES string of the molecule is CC1CCN(c2nnc(SCC(=O)Nc3ccc4c(c3)OCCO4)n2C2CC2)CC1. The van der Waals surface area contributed by atoms with Crippen LogP contribution in [-0.4, -0.2) is 52.7 Å². The van der Waals surface area contributed by atoms with Gasteiger partial charge in [0, 0.05) is 30.9 Å². The van der Waals surface area contributed by atoms with Crippen LogP contribution in [0, 0.1) is 5.92 Å². The van der Waals surface area contributed by atoms with Crippen molar-refractivity contribution in [3.05, 3.63) is 18.2 Å². The van der Waals surface area contributed by atoms with Crippen molar-refractivity contribution in [1.29, 1.82) is 0 Å². The molecule has 2 aliphatic heterocycles. The third-order valence-electron chi connectivity index (χ3n) is 5.78. The molecule has 1 aliphatic carbocycles. The van der Waals surface area contributed by atoms with Crippen LogP contribution in [0.3, 0.4) is 0 Å². The lowest BCUT2D eigenvalue weighted by Gasteiger charge is -2.31. The molecule has 8 nitrogen and oxygen atoms in total. The number of thioether (sulfide) groups is 1. The second kappa shape index (κ2) is 8.37. The molecule has 0 radical (unpaired) electrons. The van der Waals surface area contributed by atoms with E-state index in [2.05, 4.69) is 31.9 Å². The fourth-order valence-electron chi connectivity index (χ4n) is 3.89. The maximum absolute atomic E-state index is 12.5.